The van der Waals surface area contributed by atoms with Crippen LogP contribution in [0.1, 0.15) is 53.9 Å². The molecule has 0 aliphatic carbocycles. The highest BCUT2D eigenvalue weighted by molar-refractivity contribution is 4.70. The van der Waals surface area contributed by atoms with Crippen LogP contribution in [0.2, 0.25) is 0 Å². The molecule has 2 nitrogen and oxygen atoms in total. The summed E-state index contributed by atoms with van der Waals surface area (Å²) in [6, 6.07) is 0.359. The molecule has 0 aromatic rings. The second-order valence-corrected chi connectivity index (χ2v) is 5.91. The van der Waals surface area contributed by atoms with E-state index < -0.39 is 0 Å². The van der Waals surface area contributed by atoms with Gasteiger partial charge in [-0.15, -0.1) is 0 Å². The molecule has 0 bridgehead atoms. The molecule has 0 aliphatic heterocycles. The highest BCUT2D eigenvalue weighted by atomic mass is 15.1. The van der Waals surface area contributed by atoms with Gasteiger partial charge in [-0.3, -0.25) is 0 Å². The molecule has 0 spiro atoms. The minimum atomic E-state index is 0.359. The van der Waals surface area contributed by atoms with Gasteiger partial charge in [-0.2, -0.15) is 0 Å². The second-order valence-electron chi connectivity index (χ2n) is 5.91. The molecule has 0 aromatic heterocycles. The van der Waals surface area contributed by atoms with Crippen molar-refractivity contribution in [2.45, 2.75) is 59.9 Å². The Labute approximate surface area is 103 Å². The first kappa shape index (κ1) is 15.9. The minimum Gasteiger partial charge on any atom is -0.327 e. The maximum absolute atomic E-state index is 6.17. The Bertz CT molecular complexity index is 145. The fraction of sp³-hybridized carbons (Fsp3) is 1.00. The molecular weight excluding hydrogens is 196 g/mol. The molecule has 1 atom stereocenters. The van der Waals surface area contributed by atoms with Crippen LogP contribution in [0.25, 0.3) is 0 Å². The lowest BCUT2D eigenvalue weighted by Gasteiger charge is -2.28. The Morgan fingerprint density at radius 2 is 1.44 bits per heavy atom. The first-order chi connectivity index (χ1) is 7.45. The van der Waals surface area contributed by atoms with Crippen molar-refractivity contribution in [2.75, 3.05) is 19.6 Å². The van der Waals surface area contributed by atoms with Crippen LogP contribution < -0.4 is 5.73 Å². The van der Waals surface area contributed by atoms with Gasteiger partial charge < -0.3 is 10.6 Å². The standard InChI is InChI=1S/C14H32N2/c1-6-7-8-14(15)11-16(9-12(2)3)10-13(4)5/h12-14H,6-11,15H2,1-5H3. The zero-order chi connectivity index (χ0) is 12.6. The van der Waals surface area contributed by atoms with E-state index in [1.807, 2.05) is 0 Å². The van der Waals surface area contributed by atoms with Gasteiger partial charge in [0.25, 0.3) is 0 Å². The molecule has 0 rings (SSSR count). The monoisotopic (exact) mass is 228 g/mol. The number of nitrogens with zero attached hydrogens (tertiary/aromatic N) is 1. The molecule has 0 aliphatic rings. The van der Waals surface area contributed by atoms with Gasteiger partial charge in [-0.1, -0.05) is 47.5 Å². The lowest BCUT2D eigenvalue weighted by Crippen LogP contribution is -2.41. The van der Waals surface area contributed by atoms with Gasteiger partial charge in [-0.25, -0.2) is 0 Å². The van der Waals surface area contributed by atoms with Crippen LogP contribution in [0.15, 0.2) is 0 Å². The normalized spacial score (nSPS) is 14.1. The summed E-state index contributed by atoms with van der Waals surface area (Å²) >= 11 is 0. The van der Waals surface area contributed by atoms with Crippen LogP contribution in [0.4, 0.5) is 0 Å². The number of hydrogen-bond donors (Lipinski definition) is 1. The fourth-order valence-corrected chi connectivity index (χ4v) is 2.15. The van der Waals surface area contributed by atoms with Gasteiger partial charge in [-0.05, 0) is 18.3 Å². The predicted octanol–water partition coefficient (Wildman–Crippen LogP) is 3.12. The Kier molecular flexibility index (Phi) is 8.96. The van der Waals surface area contributed by atoms with Gasteiger partial charge in [0.2, 0.25) is 0 Å². The van der Waals surface area contributed by atoms with E-state index in [4.69, 9.17) is 5.73 Å². The predicted molar refractivity (Wildman–Crippen MR) is 73.6 cm³/mol. The van der Waals surface area contributed by atoms with Gasteiger partial charge >= 0.3 is 0 Å². The van der Waals surface area contributed by atoms with E-state index in [0.717, 1.165) is 18.4 Å². The topological polar surface area (TPSA) is 29.3 Å². The summed E-state index contributed by atoms with van der Waals surface area (Å²) in [4.78, 5) is 2.54. The molecule has 2 N–H and O–H groups in total. The quantitative estimate of drug-likeness (QED) is 0.657. The van der Waals surface area contributed by atoms with Crippen molar-refractivity contribution in [2.24, 2.45) is 17.6 Å². The molecule has 1 unspecified atom stereocenters. The lowest BCUT2D eigenvalue weighted by atomic mass is 10.1. The van der Waals surface area contributed by atoms with Crippen molar-refractivity contribution < 1.29 is 0 Å². The van der Waals surface area contributed by atoms with Crippen molar-refractivity contribution in [3.63, 3.8) is 0 Å². The van der Waals surface area contributed by atoms with E-state index in [-0.39, 0.29) is 0 Å². The van der Waals surface area contributed by atoms with E-state index in [1.165, 1.54) is 32.4 Å². The third-order valence-corrected chi connectivity index (χ3v) is 2.67. The van der Waals surface area contributed by atoms with Crippen molar-refractivity contribution in [1.29, 1.82) is 0 Å². The van der Waals surface area contributed by atoms with Gasteiger partial charge in [0, 0.05) is 25.7 Å². The van der Waals surface area contributed by atoms with Crippen molar-refractivity contribution in [3.8, 4) is 0 Å². The van der Waals surface area contributed by atoms with E-state index in [0.29, 0.717) is 6.04 Å². The SMILES string of the molecule is CCCCC(N)CN(CC(C)C)CC(C)C. The largest absolute Gasteiger partial charge is 0.327 e. The Morgan fingerprint density at radius 3 is 1.81 bits per heavy atom. The minimum absolute atomic E-state index is 0.359. The lowest BCUT2D eigenvalue weighted by molar-refractivity contribution is 0.204. The molecule has 0 aromatic carbocycles. The first-order valence-electron chi connectivity index (χ1n) is 6.93. The van der Waals surface area contributed by atoms with Crippen molar-refractivity contribution >= 4 is 0 Å². The van der Waals surface area contributed by atoms with E-state index in [9.17, 15) is 0 Å². The maximum atomic E-state index is 6.17. The third kappa shape index (κ3) is 9.17. The highest BCUT2D eigenvalue weighted by Crippen LogP contribution is 2.07. The Morgan fingerprint density at radius 1 is 0.938 bits per heavy atom. The van der Waals surface area contributed by atoms with Crippen molar-refractivity contribution in [3.05, 3.63) is 0 Å². The van der Waals surface area contributed by atoms with Crippen LogP contribution in [-0.2, 0) is 0 Å². The summed E-state index contributed by atoms with van der Waals surface area (Å²) in [5, 5.41) is 0. The average molecular weight is 228 g/mol. The molecule has 0 saturated heterocycles. The van der Waals surface area contributed by atoms with Crippen LogP contribution >= 0.6 is 0 Å². The molecule has 98 valence electrons. The molecule has 0 saturated carbocycles. The number of hydrogen-bond acceptors (Lipinski definition) is 2. The van der Waals surface area contributed by atoms with Crippen LogP contribution in [0.3, 0.4) is 0 Å². The zero-order valence-electron chi connectivity index (χ0n) is 12.0. The van der Waals surface area contributed by atoms with Gasteiger partial charge in [0.15, 0.2) is 0 Å². The molecule has 0 radical (unpaired) electrons. The van der Waals surface area contributed by atoms with Crippen LogP contribution in [-0.4, -0.2) is 30.6 Å². The maximum Gasteiger partial charge on any atom is 0.0167 e. The smallest absolute Gasteiger partial charge is 0.0167 e. The summed E-state index contributed by atoms with van der Waals surface area (Å²) in [6.45, 7) is 14.8. The molecule has 16 heavy (non-hydrogen) atoms. The summed E-state index contributed by atoms with van der Waals surface area (Å²) in [7, 11) is 0. The van der Waals surface area contributed by atoms with E-state index in [2.05, 4.69) is 39.5 Å². The number of rotatable bonds is 9. The van der Waals surface area contributed by atoms with Crippen LogP contribution in [0, 0.1) is 11.8 Å². The number of nitrogens with two attached hydrogens (primary N) is 1. The molecule has 0 fully saturated rings. The molecule has 0 amide bonds. The Balaban J connectivity index is 3.98. The molecular formula is C14H32N2. The summed E-state index contributed by atoms with van der Waals surface area (Å²) in [5.74, 6) is 1.47. The molecule has 2 heteroatoms. The first-order valence-corrected chi connectivity index (χ1v) is 6.93. The van der Waals surface area contributed by atoms with Gasteiger partial charge in [0.05, 0.1) is 0 Å². The van der Waals surface area contributed by atoms with Gasteiger partial charge in [0.1, 0.15) is 0 Å². The fourth-order valence-electron chi connectivity index (χ4n) is 2.15. The highest BCUT2D eigenvalue weighted by Gasteiger charge is 2.13. The number of unbranched alkanes of at least 4 members (excludes halogenated alkanes) is 1. The summed E-state index contributed by atoms with van der Waals surface area (Å²) in [6.07, 6.45) is 3.68. The van der Waals surface area contributed by atoms with E-state index >= 15 is 0 Å². The summed E-state index contributed by atoms with van der Waals surface area (Å²) < 4.78 is 0. The van der Waals surface area contributed by atoms with E-state index in [1.54, 1.807) is 0 Å². The zero-order valence-corrected chi connectivity index (χ0v) is 12.0. The van der Waals surface area contributed by atoms with Crippen LogP contribution in [0.5, 0.6) is 0 Å². The second kappa shape index (κ2) is 9.00. The third-order valence-electron chi connectivity index (χ3n) is 2.67. The van der Waals surface area contributed by atoms with Crippen molar-refractivity contribution in [1.82, 2.24) is 4.90 Å². The molecule has 0 heterocycles. The average Bonchev–Trinajstić information content (AvgIpc) is 2.12. The Hall–Kier alpha value is -0.0800. The summed E-state index contributed by atoms with van der Waals surface area (Å²) in [5.41, 5.74) is 6.17.